The molecule has 158 valence electrons. The van der Waals surface area contributed by atoms with E-state index in [1.54, 1.807) is 30.3 Å². The van der Waals surface area contributed by atoms with E-state index < -0.39 is 24.1 Å². The lowest BCUT2D eigenvalue weighted by atomic mass is 10.00. The van der Waals surface area contributed by atoms with Crippen LogP contribution in [-0.2, 0) is 4.79 Å². The van der Waals surface area contributed by atoms with Crippen molar-refractivity contribution in [1.29, 1.82) is 0 Å². The molecule has 8 nitrogen and oxygen atoms in total. The molecule has 2 aromatic carbocycles. The van der Waals surface area contributed by atoms with Gasteiger partial charge in [-0.2, -0.15) is 0 Å². The van der Waals surface area contributed by atoms with Gasteiger partial charge in [0.2, 0.25) is 5.91 Å². The largest absolute Gasteiger partial charge is 0.508 e. The summed E-state index contributed by atoms with van der Waals surface area (Å²) in [6, 6.07) is 11.1. The molecule has 0 bridgehead atoms. The van der Waals surface area contributed by atoms with Gasteiger partial charge in [-0.15, -0.1) is 0 Å². The number of amides is 1. The molecule has 1 aliphatic rings. The van der Waals surface area contributed by atoms with E-state index in [2.05, 4.69) is 10.3 Å². The summed E-state index contributed by atoms with van der Waals surface area (Å²) in [4.78, 5) is 30.3. The van der Waals surface area contributed by atoms with Crippen molar-refractivity contribution in [2.45, 2.75) is 12.2 Å². The number of pyridine rings is 1. The highest BCUT2D eigenvalue weighted by molar-refractivity contribution is 6.35. The standard InChI is InChI=1S/C21H16Cl2N4O4/c22-10-5-6-11(14(23)9-10)20-26-19-17(13(21(30)31)7-8-25-19)27(20)16(18(24)29)12-3-1-2-4-15(12)28/h1-9,16,20,28H,(H2,24,29)(H,25,26)(H,30,31). The predicted molar refractivity (Wildman–Crippen MR) is 117 cm³/mol. The zero-order valence-electron chi connectivity index (χ0n) is 15.8. The molecule has 5 N–H and O–H groups in total. The molecule has 0 aliphatic carbocycles. The zero-order valence-corrected chi connectivity index (χ0v) is 17.3. The van der Waals surface area contributed by atoms with E-state index >= 15 is 0 Å². The third-order valence-electron chi connectivity index (χ3n) is 5.00. The molecule has 2 atom stereocenters. The van der Waals surface area contributed by atoms with E-state index in [1.165, 1.54) is 29.3 Å². The van der Waals surface area contributed by atoms with Crippen LogP contribution >= 0.6 is 23.2 Å². The normalized spacial score (nSPS) is 15.8. The topological polar surface area (TPSA) is 129 Å². The molecule has 10 heteroatoms. The zero-order chi connectivity index (χ0) is 22.3. The van der Waals surface area contributed by atoms with Gasteiger partial charge in [-0.3, -0.25) is 4.79 Å². The fourth-order valence-corrected chi connectivity index (χ4v) is 4.22. The Balaban J connectivity index is 1.99. The lowest BCUT2D eigenvalue weighted by Crippen LogP contribution is -2.40. The minimum absolute atomic E-state index is 0.0910. The van der Waals surface area contributed by atoms with Crippen molar-refractivity contribution in [1.82, 2.24) is 4.98 Å². The van der Waals surface area contributed by atoms with E-state index in [1.807, 2.05) is 0 Å². The van der Waals surface area contributed by atoms with Crippen molar-refractivity contribution < 1.29 is 19.8 Å². The first-order valence-corrected chi connectivity index (χ1v) is 9.84. The number of hydrogen-bond donors (Lipinski definition) is 4. The molecule has 0 spiro atoms. The van der Waals surface area contributed by atoms with Gasteiger partial charge < -0.3 is 26.2 Å². The monoisotopic (exact) mass is 458 g/mol. The van der Waals surface area contributed by atoms with Crippen LogP contribution in [0.5, 0.6) is 5.75 Å². The fourth-order valence-electron chi connectivity index (χ4n) is 3.71. The second-order valence-electron chi connectivity index (χ2n) is 6.84. The van der Waals surface area contributed by atoms with E-state index in [4.69, 9.17) is 28.9 Å². The maximum absolute atomic E-state index is 12.7. The Morgan fingerprint density at radius 1 is 1.16 bits per heavy atom. The number of fused-ring (bicyclic) bond motifs is 1. The number of nitrogens with one attached hydrogen (secondary N) is 1. The molecule has 4 rings (SSSR count). The number of carbonyl (C=O) groups is 2. The minimum Gasteiger partial charge on any atom is -0.508 e. The number of rotatable bonds is 5. The van der Waals surface area contributed by atoms with Crippen LogP contribution in [0.25, 0.3) is 0 Å². The van der Waals surface area contributed by atoms with Crippen molar-refractivity contribution in [2.75, 3.05) is 10.2 Å². The molecule has 1 amide bonds. The Morgan fingerprint density at radius 2 is 1.90 bits per heavy atom. The average Bonchev–Trinajstić information content (AvgIpc) is 3.08. The summed E-state index contributed by atoms with van der Waals surface area (Å²) in [6.07, 6.45) is 0.531. The van der Waals surface area contributed by atoms with Crippen molar-refractivity contribution in [3.63, 3.8) is 0 Å². The Bertz CT molecular complexity index is 1200. The molecular formula is C21H16Cl2N4O4. The van der Waals surface area contributed by atoms with E-state index in [0.717, 1.165) is 0 Å². The number of aromatic carboxylic acids is 1. The summed E-state index contributed by atoms with van der Waals surface area (Å²) >= 11 is 12.5. The van der Waals surface area contributed by atoms with Gasteiger partial charge >= 0.3 is 5.97 Å². The molecule has 0 saturated heterocycles. The Kier molecular flexibility index (Phi) is 5.34. The van der Waals surface area contributed by atoms with Gasteiger partial charge in [0.05, 0.1) is 11.3 Å². The van der Waals surface area contributed by atoms with Gasteiger partial charge in [0.1, 0.15) is 18.0 Å². The first kappa shape index (κ1) is 20.8. The number of benzene rings is 2. The van der Waals surface area contributed by atoms with E-state index in [9.17, 15) is 19.8 Å². The van der Waals surface area contributed by atoms with E-state index in [-0.39, 0.29) is 28.4 Å². The average molecular weight is 459 g/mol. The molecule has 31 heavy (non-hydrogen) atoms. The number of phenolic OH excluding ortho intramolecular Hbond substituents is 1. The van der Waals surface area contributed by atoms with Gasteiger partial charge in [0.15, 0.2) is 5.82 Å². The highest BCUT2D eigenvalue weighted by atomic mass is 35.5. The first-order valence-electron chi connectivity index (χ1n) is 9.09. The molecule has 3 aromatic rings. The first-order chi connectivity index (χ1) is 14.8. The van der Waals surface area contributed by atoms with Gasteiger partial charge in [0.25, 0.3) is 0 Å². The Hall–Kier alpha value is -3.49. The lowest BCUT2D eigenvalue weighted by molar-refractivity contribution is -0.119. The number of para-hydroxylation sites is 1. The lowest BCUT2D eigenvalue weighted by Gasteiger charge is -2.34. The van der Waals surface area contributed by atoms with Crippen molar-refractivity contribution in [3.05, 3.63) is 81.5 Å². The van der Waals surface area contributed by atoms with E-state index in [0.29, 0.717) is 15.6 Å². The SMILES string of the molecule is NC(=O)C(c1ccccc1O)N1c2c(C(=O)O)ccnc2NC1c1ccc(Cl)cc1Cl. The smallest absolute Gasteiger partial charge is 0.338 e. The van der Waals surface area contributed by atoms with Gasteiger partial charge in [-0.05, 0) is 24.3 Å². The van der Waals surface area contributed by atoms with Crippen molar-refractivity contribution in [2.24, 2.45) is 5.73 Å². The minimum atomic E-state index is -1.23. The van der Waals surface area contributed by atoms with Crippen LogP contribution in [0.1, 0.15) is 33.7 Å². The third kappa shape index (κ3) is 3.60. The summed E-state index contributed by atoms with van der Waals surface area (Å²) in [5, 5.41) is 24.0. The van der Waals surface area contributed by atoms with Crippen LogP contribution in [0.15, 0.2) is 54.7 Å². The Morgan fingerprint density at radius 3 is 2.55 bits per heavy atom. The number of nitrogens with zero attached hydrogens (tertiary/aromatic N) is 2. The van der Waals surface area contributed by atoms with Crippen LogP contribution in [0.4, 0.5) is 11.5 Å². The number of primary amides is 1. The van der Waals surface area contributed by atoms with Gasteiger partial charge in [-0.1, -0.05) is 47.5 Å². The summed E-state index contributed by atoms with van der Waals surface area (Å²) in [6.45, 7) is 0. The number of nitrogens with two attached hydrogens (primary N) is 1. The van der Waals surface area contributed by atoms with Crippen LogP contribution in [-0.4, -0.2) is 27.1 Å². The van der Waals surface area contributed by atoms with Crippen LogP contribution in [0.3, 0.4) is 0 Å². The van der Waals surface area contributed by atoms with Crippen molar-refractivity contribution >= 4 is 46.6 Å². The van der Waals surface area contributed by atoms with Crippen molar-refractivity contribution in [3.8, 4) is 5.75 Å². The molecule has 2 unspecified atom stereocenters. The molecular weight excluding hydrogens is 443 g/mol. The summed E-state index contributed by atoms with van der Waals surface area (Å²) in [5.41, 5.74) is 6.55. The van der Waals surface area contributed by atoms with Gasteiger partial charge in [0, 0.05) is 27.4 Å². The molecule has 1 aliphatic heterocycles. The highest BCUT2D eigenvalue weighted by Crippen LogP contribution is 2.49. The molecule has 0 radical (unpaired) electrons. The number of carboxylic acids is 1. The number of halogens is 2. The third-order valence-corrected chi connectivity index (χ3v) is 5.56. The highest BCUT2D eigenvalue weighted by Gasteiger charge is 2.43. The van der Waals surface area contributed by atoms with Crippen LogP contribution in [0, 0.1) is 0 Å². The molecule has 0 fully saturated rings. The number of carbonyl (C=O) groups excluding carboxylic acids is 1. The maximum Gasteiger partial charge on any atom is 0.338 e. The number of carboxylic acid groups (broad SMARTS) is 1. The fraction of sp³-hybridized carbons (Fsp3) is 0.0952. The second kappa shape index (κ2) is 7.98. The van der Waals surface area contributed by atoms with Crippen LogP contribution < -0.4 is 16.0 Å². The molecule has 1 aromatic heterocycles. The summed E-state index contributed by atoms with van der Waals surface area (Å²) < 4.78 is 0. The van der Waals surface area contributed by atoms with Gasteiger partial charge in [-0.25, -0.2) is 9.78 Å². The number of aromatic hydroxyl groups is 1. The number of anilines is 2. The summed E-state index contributed by atoms with van der Waals surface area (Å²) in [7, 11) is 0. The second-order valence-corrected chi connectivity index (χ2v) is 7.69. The maximum atomic E-state index is 12.7. The number of phenols is 1. The van der Waals surface area contributed by atoms with Crippen LogP contribution in [0.2, 0.25) is 10.0 Å². The summed E-state index contributed by atoms with van der Waals surface area (Å²) in [5.74, 6) is -1.95. The number of hydrogen-bond acceptors (Lipinski definition) is 6. The Labute approximate surface area is 186 Å². The number of aromatic nitrogens is 1. The molecule has 0 saturated carbocycles. The quantitative estimate of drug-likeness (QED) is 0.455. The predicted octanol–water partition coefficient (Wildman–Crippen LogP) is 3.95. The molecule has 2 heterocycles.